The Labute approximate surface area is 192 Å². The maximum absolute atomic E-state index is 13.3. The number of hydrogen-bond donors (Lipinski definition) is 1. The highest BCUT2D eigenvalue weighted by Crippen LogP contribution is 2.33. The van der Waals surface area contributed by atoms with Crippen LogP contribution in [-0.2, 0) is 29.7 Å². The van der Waals surface area contributed by atoms with E-state index in [1.54, 1.807) is 19.3 Å². The van der Waals surface area contributed by atoms with Crippen molar-refractivity contribution in [1.29, 1.82) is 0 Å². The number of benzene rings is 1. The molecule has 33 heavy (non-hydrogen) atoms. The summed E-state index contributed by atoms with van der Waals surface area (Å²) < 4.78 is 7.43. The molecular formula is C26H27N3O4. The average molecular weight is 446 g/mol. The Morgan fingerprint density at radius 1 is 1.12 bits per heavy atom. The van der Waals surface area contributed by atoms with Gasteiger partial charge in [0.15, 0.2) is 5.78 Å². The zero-order chi connectivity index (χ0) is 23.3. The molecule has 3 amide bonds. The number of imide groups is 1. The third-order valence-corrected chi connectivity index (χ3v) is 7.02. The summed E-state index contributed by atoms with van der Waals surface area (Å²) in [6, 6.07) is 11.0. The van der Waals surface area contributed by atoms with Crippen molar-refractivity contribution in [3.8, 4) is 0 Å². The highest BCUT2D eigenvalue weighted by atomic mass is 16.3. The van der Waals surface area contributed by atoms with Gasteiger partial charge < -0.3 is 14.3 Å². The summed E-state index contributed by atoms with van der Waals surface area (Å²) in [5.74, 6) is 0.119. The fourth-order valence-corrected chi connectivity index (χ4v) is 5.03. The molecule has 7 heteroatoms. The number of furan rings is 1. The molecule has 5 rings (SSSR count). The van der Waals surface area contributed by atoms with E-state index in [1.165, 1.54) is 11.1 Å². The SMILES string of the molecule is Cc1cc(C(=O)CN2C(=O)NC(C)(c3ccc4c(c3)CCC4)C2=O)c(C)n1Cc1ccco1. The molecule has 0 saturated carbocycles. The van der Waals surface area contributed by atoms with Crippen molar-refractivity contribution in [2.45, 2.75) is 52.1 Å². The number of rotatable bonds is 6. The van der Waals surface area contributed by atoms with E-state index in [0.717, 1.165) is 46.9 Å². The summed E-state index contributed by atoms with van der Waals surface area (Å²) in [4.78, 5) is 40.3. The normalized spacial score (nSPS) is 19.8. The van der Waals surface area contributed by atoms with Crippen LogP contribution in [0.4, 0.5) is 4.79 Å². The van der Waals surface area contributed by atoms with Crippen LogP contribution in [0.5, 0.6) is 0 Å². The highest BCUT2D eigenvalue weighted by Gasteiger charge is 2.49. The Morgan fingerprint density at radius 3 is 2.67 bits per heavy atom. The van der Waals surface area contributed by atoms with E-state index in [0.29, 0.717) is 12.1 Å². The molecule has 1 fully saturated rings. The third-order valence-electron chi connectivity index (χ3n) is 7.02. The van der Waals surface area contributed by atoms with Crippen molar-refractivity contribution in [2.75, 3.05) is 6.54 Å². The Hall–Kier alpha value is -3.61. The first kappa shape index (κ1) is 21.2. The summed E-state index contributed by atoms with van der Waals surface area (Å²) in [5.41, 5.74) is 4.31. The number of aryl methyl sites for hydroxylation is 3. The predicted octanol–water partition coefficient (Wildman–Crippen LogP) is 3.88. The molecule has 2 aromatic heterocycles. The van der Waals surface area contributed by atoms with E-state index in [4.69, 9.17) is 4.42 Å². The second-order valence-electron chi connectivity index (χ2n) is 9.16. The lowest BCUT2D eigenvalue weighted by Gasteiger charge is -2.23. The highest BCUT2D eigenvalue weighted by molar-refractivity contribution is 6.11. The van der Waals surface area contributed by atoms with Crippen LogP contribution in [0.2, 0.25) is 0 Å². The fourth-order valence-electron chi connectivity index (χ4n) is 5.03. The van der Waals surface area contributed by atoms with Crippen LogP contribution in [0.1, 0.15) is 57.5 Å². The van der Waals surface area contributed by atoms with Gasteiger partial charge in [0, 0.05) is 17.0 Å². The van der Waals surface area contributed by atoms with Gasteiger partial charge in [0.2, 0.25) is 0 Å². The summed E-state index contributed by atoms with van der Waals surface area (Å²) >= 11 is 0. The lowest BCUT2D eigenvalue weighted by Crippen LogP contribution is -2.41. The van der Waals surface area contributed by atoms with Gasteiger partial charge in [-0.25, -0.2) is 4.79 Å². The Kier molecular flexibility index (Phi) is 5.00. The standard InChI is InChI=1S/C26H27N3O4/c1-16-12-22(17(2)28(16)14-21-8-5-11-33-21)23(30)15-29-24(31)26(3,27-25(29)32)20-10-9-18-6-4-7-19(18)13-20/h5,8-13H,4,6-7,14-15H2,1-3H3,(H,27,32). The maximum atomic E-state index is 13.3. The van der Waals surface area contributed by atoms with E-state index < -0.39 is 17.5 Å². The predicted molar refractivity (Wildman–Crippen MR) is 122 cm³/mol. The molecule has 1 atom stereocenters. The number of urea groups is 1. The number of carbonyl (C=O) groups is 3. The summed E-state index contributed by atoms with van der Waals surface area (Å²) in [7, 11) is 0. The maximum Gasteiger partial charge on any atom is 0.325 e. The summed E-state index contributed by atoms with van der Waals surface area (Å²) in [6.45, 7) is 5.71. The van der Waals surface area contributed by atoms with Crippen LogP contribution in [0.3, 0.4) is 0 Å². The first-order valence-corrected chi connectivity index (χ1v) is 11.3. The number of aromatic nitrogens is 1. The lowest BCUT2D eigenvalue weighted by molar-refractivity contribution is -0.130. The number of fused-ring (bicyclic) bond motifs is 1. The number of Topliss-reactive ketones (excluding diaryl/α,β-unsaturated/α-hetero) is 1. The van der Waals surface area contributed by atoms with Gasteiger partial charge in [0.05, 0.1) is 19.4 Å². The quantitative estimate of drug-likeness (QED) is 0.461. The van der Waals surface area contributed by atoms with Gasteiger partial charge in [-0.15, -0.1) is 0 Å². The summed E-state index contributed by atoms with van der Waals surface area (Å²) in [5, 5.41) is 2.82. The zero-order valence-corrected chi connectivity index (χ0v) is 19.1. The minimum atomic E-state index is -1.18. The van der Waals surface area contributed by atoms with Crippen LogP contribution >= 0.6 is 0 Å². The molecule has 1 unspecified atom stereocenters. The smallest absolute Gasteiger partial charge is 0.325 e. The van der Waals surface area contributed by atoms with E-state index in [-0.39, 0.29) is 12.3 Å². The number of amides is 3. The molecule has 7 nitrogen and oxygen atoms in total. The van der Waals surface area contributed by atoms with Crippen LogP contribution in [0.15, 0.2) is 47.1 Å². The number of nitrogens with zero attached hydrogens (tertiary/aromatic N) is 2. The summed E-state index contributed by atoms with van der Waals surface area (Å²) in [6.07, 6.45) is 4.75. The molecule has 1 N–H and O–H groups in total. The van der Waals surface area contributed by atoms with Crippen molar-refractivity contribution < 1.29 is 18.8 Å². The first-order valence-electron chi connectivity index (χ1n) is 11.3. The molecule has 1 aromatic carbocycles. The Bertz CT molecular complexity index is 1270. The molecule has 1 aliphatic heterocycles. The van der Waals surface area contributed by atoms with E-state index in [1.807, 2.05) is 48.7 Å². The topological polar surface area (TPSA) is 84.5 Å². The van der Waals surface area contributed by atoms with Crippen LogP contribution in [0, 0.1) is 13.8 Å². The Morgan fingerprint density at radius 2 is 1.91 bits per heavy atom. The molecule has 1 aliphatic carbocycles. The van der Waals surface area contributed by atoms with E-state index in [2.05, 4.69) is 5.32 Å². The number of ketones is 1. The molecule has 170 valence electrons. The lowest BCUT2D eigenvalue weighted by atomic mass is 9.89. The number of hydrogen-bond acceptors (Lipinski definition) is 4. The van der Waals surface area contributed by atoms with Gasteiger partial charge in [-0.2, -0.15) is 0 Å². The molecule has 0 spiro atoms. The van der Waals surface area contributed by atoms with Crippen molar-refractivity contribution in [3.05, 3.63) is 82.1 Å². The van der Waals surface area contributed by atoms with Gasteiger partial charge in [0.25, 0.3) is 5.91 Å². The van der Waals surface area contributed by atoms with E-state index >= 15 is 0 Å². The van der Waals surface area contributed by atoms with Crippen molar-refractivity contribution in [1.82, 2.24) is 14.8 Å². The molecule has 0 bridgehead atoms. The minimum absolute atomic E-state index is 0.268. The minimum Gasteiger partial charge on any atom is -0.467 e. The van der Waals surface area contributed by atoms with Gasteiger partial charge >= 0.3 is 6.03 Å². The van der Waals surface area contributed by atoms with E-state index in [9.17, 15) is 14.4 Å². The Balaban J connectivity index is 1.37. The van der Waals surface area contributed by atoms with Crippen molar-refractivity contribution in [2.24, 2.45) is 0 Å². The fraction of sp³-hybridized carbons (Fsp3) is 0.346. The van der Waals surface area contributed by atoms with Crippen LogP contribution in [-0.4, -0.2) is 33.7 Å². The molecule has 2 aliphatic rings. The third kappa shape index (κ3) is 3.48. The molecule has 0 radical (unpaired) electrons. The zero-order valence-electron chi connectivity index (χ0n) is 19.1. The van der Waals surface area contributed by atoms with Crippen LogP contribution < -0.4 is 5.32 Å². The number of carbonyl (C=O) groups excluding carboxylic acids is 3. The first-order chi connectivity index (χ1) is 15.8. The molecular weight excluding hydrogens is 418 g/mol. The largest absolute Gasteiger partial charge is 0.467 e. The molecule has 3 heterocycles. The van der Waals surface area contributed by atoms with Gasteiger partial charge in [-0.05, 0) is 74.9 Å². The molecule has 1 saturated heterocycles. The monoisotopic (exact) mass is 445 g/mol. The van der Waals surface area contributed by atoms with Gasteiger partial charge in [-0.3, -0.25) is 14.5 Å². The second-order valence-corrected chi connectivity index (χ2v) is 9.16. The van der Waals surface area contributed by atoms with Gasteiger partial charge in [-0.1, -0.05) is 18.2 Å². The van der Waals surface area contributed by atoms with Crippen LogP contribution in [0.25, 0.3) is 0 Å². The van der Waals surface area contributed by atoms with Gasteiger partial charge in [0.1, 0.15) is 11.3 Å². The second kappa shape index (κ2) is 7.76. The number of nitrogens with one attached hydrogen (secondary N) is 1. The average Bonchev–Trinajstić information content (AvgIpc) is 3.56. The van der Waals surface area contributed by atoms with Crippen molar-refractivity contribution >= 4 is 17.7 Å². The molecule has 3 aromatic rings. The van der Waals surface area contributed by atoms with Crippen molar-refractivity contribution in [3.63, 3.8) is 0 Å².